The maximum Gasteiger partial charge on any atom is 0.227 e. The molecule has 1 aromatic carbocycles. The van der Waals surface area contributed by atoms with Gasteiger partial charge in [-0.05, 0) is 13.1 Å². The number of benzene rings is 1. The number of amides is 1. The Labute approximate surface area is 113 Å². The van der Waals surface area contributed by atoms with Crippen LogP contribution in [0.15, 0.2) is 24.3 Å². The van der Waals surface area contributed by atoms with E-state index >= 15 is 0 Å². The van der Waals surface area contributed by atoms with Crippen LogP contribution in [0.4, 0.5) is 0 Å². The molecule has 2 rings (SSSR count). The van der Waals surface area contributed by atoms with Crippen molar-refractivity contribution in [3.8, 4) is 5.75 Å². The number of rotatable bonds is 5. The van der Waals surface area contributed by atoms with E-state index in [-0.39, 0.29) is 17.9 Å². The van der Waals surface area contributed by atoms with Crippen LogP contribution in [-0.2, 0) is 16.1 Å². The number of hydrogen-bond acceptors (Lipinski definition) is 4. The molecule has 104 valence electrons. The van der Waals surface area contributed by atoms with E-state index in [1.54, 1.807) is 7.11 Å². The third-order valence-electron chi connectivity index (χ3n) is 3.43. The van der Waals surface area contributed by atoms with Crippen LogP contribution in [0.5, 0.6) is 5.75 Å². The molecule has 5 nitrogen and oxygen atoms in total. The van der Waals surface area contributed by atoms with Crippen LogP contribution in [0.1, 0.15) is 5.56 Å². The second kappa shape index (κ2) is 6.54. The number of carbonyl (C=O) groups excluding carboxylic acids is 1. The third kappa shape index (κ3) is 3.24. The maximum atomic E-state index is 12.1. The zero-order chi connectivity index (χ0) is 13.7. The molecular formula is C14H20N2O3. The van der Waals surface area contributed by atoms with E-state index < -0.39 is 0 Å². The molecule has 1 heterocycles. The summed E-state index contributed by atoms with van der Waals surface area (Å²) in [7, 11) is 3.47. The van der Waals surface area contributed by atoms with Crippen LogP contribution in [0.25, 0.3) is 0 Å². The summed E-state index contributed by atoms with van der Waals surface area (Å²) < 4.78 is 10.6. The van der Waals surface area contributed by atoms with Crippen molar-refractivity contribution >= 4 is 5.91 Å². The summed E-state index contributed by atoms with van der Waals surface area (Å²) in [6.45, 7) is 1.53. The van der Waals surface area contributed by atoms with Crippen LogP contribution in [-0.4, -0.2) is 39.3 Å². The highest BCUT2D eigenvalue weighted by molar-refractivity contribution is 5.79. The first-order chi connectivity index (χ1) is 9.26. The molecule has 2 N–H and O–H groups in total. The maximum absolute atomic E-state index is 12.1. The van der Waals surface area contributed by atoms with E-state index in [1.807, 2.05) is 31.3 Å². The second-order valence-electron chi connectivity index (χ2n) is 4.57. The number of para-hydroxylation sites is 1. The van der Waals surface area contributed by atoms with Crippen molar-refractivity contribution in [2.75, 3.05) is 27.4 Å². The van der Waals surface area contributed by atoms with Crippen LogP contribution in [0, 0.1) is 5.92 Å². The lowest BCUT2D eigenvalue weighted by molar-refractivity contribution is -0.125. The fourth-order valence-corrected chi connectivity index (χ4v) is 2.26. The molecule has 2 atom stereocenters. The Morgan fingerprint density at radius 2 is 2.21 bits per heavy atom. The lowest BCUT2D eigenvalue weighted by atomic mass is 10.0. The first-order valence-electron chi connectivity index (χ1n) is 6.41. The molecule has 0 bridgehead atoms. The average Bonchev–Trinajstić information content (AvgIpc) is 2.93. The fraction of sp³-hybridized carbons (Fsp3) is 0.500. The molecule has 0 radical (unpaired) electrons. The number of nitrogens with one attached hydrogen (secondary N) is 2. The Bertz CT molecular complexity index is 436. The van der Waals surface area contributed by atoms with Crippen molar-refractivity contribution in [2.45, 2.75) is 12.6 Å². The number of hydrogen-bond donors (Lipinski definition) is 2. The minimum atomic E-state index is -0.125. The van der Waals surface area contributed by atoms with Gasteiger partial charge in [0.15, 0.2) is 0 Å². The van der Waals surface area contributed by atoms with Gasteiger partial charge in [0.05, 0.1) is 26.2 Å². The molecule has 19 heavy (non-hydrogen) atoms. The SMILES string of the molecule is CNC1COCC1C(=O)NCc1ccccc1OC. The van der Waals surface area contributed by atoms with Crippen LogP contribution in [0.3, 0.4) is 0 Å². The van der Waals surface area contributed by atoms with Gasteiger partial charge in [-0.25, -0.2) is 0 Å². The molecular weight excluding hydrogens is 244 g/mol. The van der Waals surface area contributed by atoms with Gasteiger partial charge in [-0.15, -0.1) is 0 Å². The predicted octanol–water partition coefficient (Wildman–Crippen LogP) is 0.546. The smallest absolute Gasteiger partial charge is 0.227 e. The lowest BCUT2D eigenvalue weighted by Crippen LogP contribution is -2.42. The van der Waals surface area contributed by atoms with Crippen molar-refractivity contribution in [1.82, 2.24) is 10.6 Å². The van der Waals surface area contributed by atoms with E-state index in [2.05, 4.69) is 10.6 Å². The van der Waals surface area contributed by atoms with Gasteiger partial charge in [0.2, 0.25) is 5.91 Å². The molecule has 0 aromatic heterocycles. The number of methoxy groups -OCH3 is 1. The number of likely N-dealkylation sites (N-methyl/N-ethyl adjacent to an activating group) is 1. The lowest BCUT2D eigenvalue weighted by Gasteiger charge is -2.17. The molecule has 5 heteroatoms. The standard InChI is InChI=1S/C14H20N2O3/c1-15-12-9-19-8-11(12)14(17)16-7-10-5-3-4-6-13(10)18-2/h3-6,11-12,15H,7-9H2,1-2H3,(H,16,17). The van der Waals surface area contributed by atoms with Crippen molar-refractivity contribution in [3.63, 3.8) is 0 Å². The highest BCUT2D eigenvalue weighted by Crippen LogP contribution is 2.18. The molecule has 1 fully saturated rings. The van der Waals surface area contributed by atoms with Gasteiger partial charge >= 0.3 is 0 Å². The highest BCUT2D eigenvalue weighted by Gasteiger charge is 2.32. The molecule has 1 aromatic rings. The molecule has 2 unspecified atom stereocenters. The first kappa shape index (κ1) is 13.8. The Hall–Kier alpha value is -1.59. The predicted molar refractivity (Wildman–Crippen MR) is 72.0 cm³/mol. The Morgan fingerprint density at radius 1 is 1.42 bits per heavy atom. The van der Waals surface area contributed by atoms with Gasteiger partial charge in [0, 0.05) is 18.2 Å². The minimum absolute atomic E-state index is 0.0164. The summed E-state index contributed by atoms with van der Waals surface area (Å²) in [5, 5.41) is 6.05. The molecule has 0 spiro atoms. The largest absolute Gasteiger partial charge is 0.496 e. The molecule has 0 aliphatic carbocycles. The van der Waals surface area contributed by atoms with E-state index in [0.717, 1.165) is 11.3 Å². The van der Waals surface area contributed by atoms with Crippen molar-refractivity contribution < 1.29 is 14.3 Å². The summed E-state index contributed by atoms with van der Waals surface area (Å²) in [5.41, 5.74) is 0.971. The quantitative estimate of drug-likeness (QED) is 0.815. The van der Waals surface area contributed by atoms with Crippen molar-refractivity contribution in [1.29, 1.82) is 0 Å². The zero-order valence-corrected chi connectivity index (χ0v) is 11.3. The van der Waals surface area contributed by atoms with Gasteiger partial charge in [0.1, 0.15) is 5.75 Å². The van der Waals surface area contributed by atoms with Gasteiger partial charge in [-0.2, -0.15) is 0 Å². The third-order valence-corrected chi connectivity index (χ3v) is 3.43. The van der Waals surface area contributed by atoms with Gasteiger partial charge in [-0.1, -0.05) is 18.2 Å². The minimum Gasteiger partial charge on any atom is -0.496 e. The van der Waals surface area contributed by atoms with Gasteiger partial charge in [0.25, 0.3) is 0 Å². The summed E-state index contributed by atoms with van der Waals surface area (Å²) in [6, 6.07) is 7.76. The van der Waals surface area contributed by atoms with Gasteiger partial charge < -0.3 is 20.1 Å². The van der Waals surface area contributed by atoms with Crippen molar-refractivity contribution in [3.05, 3.63) is 29.8 Å². The molecule has 1 saturated heterocycles. The van der Waals surface area contributed by atoms with E-state index in [9.17, 15) is 4.79 Å². The summed E-state index contributed by atoms with van der Waals surface area (Å²) in [6.07, 6.45) is 0. The normalized spacial score (nSPS) is 22.2. The van der Waals surface area contributed by atoms with E-state index in [1.165, 1.54) is 0 Å². The average molecular weight is 264 g/mol. The second-order valence-corrected chi connectivity index (χ2v) is 4.57. The van der Waals surface area contributed by atoms with Crippen LogP contribution >= 0.6 is 0 Å². The summed E-state index contributed by atoms with van der Waals surface area (Å²) >= 11 is 0. The molecule has 1 amide bonds. The Kier molecular flexibility index (Phi) is 4.76. The molecule has 0 saturated carbocycles. The zero-order valence-electron chi connectivity index (χ0n) is 11.3. The topological polar surface area (TPSA) is 59.6 Å². The van der Waals surface area contributed by atoms with Crippen molar-refractivity contribution in [2.24, 2.45) is 5.92 Å². The van der Waals surface area contributed by atoms with E-state index in [4.69, 9.17) is 9.47 Å². The summed E-state index contributed by atoms with van der Waals surface area (Å²) in [4.78, 5) is 12.1. The van der Waals surface area contributed by atoms with E-state index in [0.29, 0.717) is 19.8 Å². The first-order valence-corrected chi connectivity index (χ1v) is 6.41. The fourth-order valence-electron chi connectivity index (χ4n) is 2.26. The molecule has 1 aliphatic rings. The number of carbonyl (C=O) groups is 1. The Balaban J connectivity index is 1.93. The van der Waals surface area contributed by atoms with Crippen LogP contribution in [0.2, 0.25) is 0 Å². The summed E-state index contributed by atoms with van der Waals surface area (Å²) in [5.74, 6) is 0.679. The van der Waals surface area contributed by atoms with Gasteiger partial charge in [-0.3, -0.25) is 4.79 Å². The number of ether oxygens (including phenoxy) is 2. The Morgan fingerprint density at radius 3 is 2.95 bits per heavy atom. The highest BCUT2D eigenvalue weighted by atomic mass is 16.5. The van der Waals surface area contributed by atoms with Crippen LogP contribution < -0.4 is 15.4 Å². The monoisotopic (exact) mass is 264 g/mol. The molecule has 1 aliphatic heterocycles.